The van der Waals surface area contributed by atoms with Crippen LogP contribution in [0.1, 0.15) is 45.6 Å². The predicted molar refractivity (Wildman–Crippen MR) is 111 cm³/mol. The molecule has 3 rings (SSSR count). The minimum absolute atomic E-state index is 0.0306. The van der Waals surface area contributed by atoms with Gasteiger partial charge in [0.1, 0.15) is 6.61 Å². The molecule has 1 aliphatic carbocycles. The Morgan fingerprint density at radius 3 is 2.82 bits per heavy atom. The van der Waals surface area contributed by atoms with Crippen molar-refractivity contribution in [1.29, 1.82) is 0 Å². The lowest BCUT2D eigenvalue weighted by Gasteiger charge is -2.39. The lowest BCUT2D eigenvalue weighted by atomic mass is 9.74. The third kappa shape index (κ3) is 5.95. The first-order valence-electron chi connectivity index (χ1n) is 10.8. The van der Waals surface area contributed by atoms with Crippen LogP contribution in [0.2, 0.25) is 0 Å². The molecule has 4 unspecified atom stereocenters. The lowest BCUT2D eigenvalue weighted by Crippen LogP contribution is -2.52. The maximum absolute atomic E-state index is 12.4. The Morgan fingerprint density at radius 1 is 1.29 bits per heavy atom. The average Bonchev–Trinajstić information content (AvgIpc) is 2.71. The average molecular weight is 389 g/mol. The van der Waals surface area contributed by atoms with Gasteiger partial charge in [-0.05, 0) is 36.2 Å². The summed E-state index contributed by atoms with van der Waals surface area (Å²) in [4.78, 5) is 14.2. The van der Waals surface area contributed by atoms with E-state index in [1.807, 2.05) is 30.3 Å². The molecule has 1 saturated carbocycles. The zero-order valence-electron chi connectivity index (χ0n) is 17.6. The van der Waals surface area contributed by atoms with E-state index in [4.69, 9.17) is 9.47 Å². The standard InChI is InChI=1S/C23H36N2O3/c1-17(2)21-10-9-18(3)13-22(21)24-14-20-15-25(11-12-27-20)23(26)28-16-19-7-5-4-6-8-19/h4-8,17-18,20-22,24H,9-16H2,1-3H3. The summed E-state index contributed by atoms with van der Waals surface area (Å²) in [5.74, 6) is 2.21. The number of rotatable bonds is 6. The van der Waals surface area contributed by atoms with E-state index in [0.29, 0.717) is 38.3 Å². The number of amides is 1. The van der Waals surface area contributed by atoms with Gasteiger partial charge in [0, 0.05) is 19.1 Å². The first kappa shape index (κ1) is 21.1. The van der Waals surface area contributed by atoms with Crippen LogP contribution in [0.4, 0.5) is 4.79 Å². The van der Waals surface area contributed by atoms with Crippen LogP contribution >= 0.6 is 0 Å². The lowest BCUT2D eigenvalue weighted by molar-refractivity contribution is -0.0299. The molecular weight excluding hydrogens is 352 g/mol. The Hall–Kier alpha value is -1.59. The van der Waals surface area contributed by atoms with Crippen molar-refractivity contribution in [3.8, 4) is 0 Å². The molecule has 1 aromatic carbocycles. The van der Waals surface area contributed by atoms with E-state index < -0.39 is 0 Å². The van der Waals surface area contributed by atoms with Crippen LogP contribution in [0.3, 0.4) is 0 Å². The van der Waals surface area contributed by atoms with Gasteiger partial charge in [-0.15, -0.1) is 0 Å². The summed E-state index contributed by atoms with van der Waals surface area (Å²) in [7, 11) is 0. The largest absolute Gasteiger partial charge is 0.445 e. The summed E-state index contributed by atoms with van der Waals surface area (Å²) in [6, 6.07) is 10.4. The second kappa shape index (κ2) is 10.3. The van der Waals surface area contributed by atoms with Crippen molar-refractivity contribution in [1.82, 2.24) is 10.2 Å². The number of ether oxygens (including phenoxy) is 2. The molecule has 2 fully saturated rings. The third-order valence-corrected chi connectivity index (χ3v) is 6.23. The molecule has 5 heteroatoms. The summed E-state index contributed by atoms with van der Waals surface area (Å²) < 4.78 is 11.4. The molecule has 2 aliphatic rings. The van der Waals surface area contributed by atoms with Crippen molar-refractivity contribution in [2.75, 3.05) is 26.2 Å². The summed E-state index contributed by atoms with van der Waals surface area (Å²) >= 11 is 0. The zero-order chi connectivity index (χ0) is 19.9. The van der Waals surface area contributed by atoms with E-state index in [2.05, 4.69) is 26.1 Å². The van der Waals surface area contributed by atoms with Crippen molar-refractivity contribution in [3.63, 3.8) is 0 Å². The number of nitrogens with one attached hydrogen (secondary N) is 1. The molecule has 4 atom stereocenters. The summed E-state index contributed by atoms with van der Waals surface area (Å²) in [5, 5.41) is 3.77. The van der Waals surface area contributed by atoms with Crippen LogP contribution in [0, 0.1) is 17.8 Å². The Balaban J connectivity index is 1.45. The van der Waals surface area contributed by atoms with Crippen LogP contribution in [0.5, 0.6) is 0 Å². The molecule has 1 saturated heterocycles. The van der Waals surface area contributed by atoms with Gasteiger partial charge in [0.15, 0.2) is 0 Å². The zero-order valence-corrected chi connectivity index (χ0v) is 17.6. The van der Waals surface area contributed by atoms with Crippen molar-refractivity contribution in [3.05, 3.63) is 35.9 Å². The molecule has 28 heavy (non-hydrogen) atoms. The molecule has 1 aromatic rings. The fourth-order valence-corrected chi connectivity index (χ4v) is 4.54. The van der Waals surface area contributed by atoms with E-state index in [-0.39, 0.29) is 12.2 Å². The molecule has 1 heterocycles. The number of nitrogens with zero attached hydrogens (tertiary/aromatic N) is 1. The van der Waals surface area contributed by atoms with Crippen LogP contribution in [-0.4, -0.2) is 49.4 Å². The molecule has 156 valence electrons. The van der Waals surface area contributed by atoms with Gasteiger partial charge >= 0.3 is 6.09 Å². The van der Waals surface area contributed by atoms with Crippen molar-refractivity contribution < 1.29 is 14.3 Å². The molecule has 0 bridgehead atoms. The van der Waals surface area contributed by atoms with Gasteiger partial charge in [-0.1, -0.05) is 57.5 Å². The maximum atomic E-state index is 12.4. The minimum atomic E-state index is -0.247. The van der Waals surface area contributed by atoms with E-state index in [9.17, 15) is 4.79 Å². The van der Waals surface area contributed by atoms with E-state index >= 15 is 0 Å². The number of carbonyl (C=O) groups is 1. The highest BCUT2D eigenvalue weighted by Crippen LogP contribution is 2.33. The van der Waals surface area contributed by atoms with Gasteiger partial charge in [0.25, 0.3) is 0 Å². The second-order valence-electron chi connectivity index (χ2n) is 8.82. The molecule has 1 amide bonds. The van der Waals surface area contributed by atoms with E-state index in [0.717, 1.165) is 23.9 Å². The molecule has 0 radical (unpaired) electrons. The summed E-state index contributed by atoms with van der Waals surface area (Å²) in [6.07, 6.45) is 3.66. The van der Waals surface area contributed by atoms with Gasteiger partial charge in [-0.25, -0.2) is 4.79 Å². The van der Waals surface area contributed by atoms with Gasteiger partial charge < -0.3 is 19.7 Å². The highest BCUT2D eigenvalue weighted by atomic mass is 16.6. The number of hydrogen-bond donors (Lipinski definition) is 1. The predicted octanol–water partition coefficient (Wildman–Crippen LogP) is 4.07. The van der Waals surface area contributed by atoms with E-state index in [1.54, 1.807) is 4.90 Å². The number of morpholine rings is 1. The monoisotopic (exact) mass is 388 g/mol. The van der Waals surface area contributed by atoms with Crippen molar-refractivity contribution in [2.45, 2.75) is 58.8 Å². The summed E-state index contributed by atoms with van der Waals surface area (Å²) in [5.41, 5.74) is 1.01. The topological polar surface area (TPSA) is 50.8 Å². The van der Waals surface area contributed by atoms with E-state index in [1.165, 1.54) is 19.3 Å². The number of benzene rings is 1. The van der Waals surface area contributed by atoms with Gasteiger partial charge in [0.05, 0.1) is 19.3 Å². The smallest absolute Gasteiger partial charge is 0.410 e. The molecule has 0 spiro atoms. The first-order chi connectivity index (χ1) is 13.5. The quantitative estimate of drug-likeness (QED) is 0.798. The highest BCUT2D eigenvalue weighted by Gasteiger charge is 2.32. The first-order valence-corrected chi connectivity index (χ1v) is 10.8. The summed E-state index contributed by atoms with van der Waals surface area (Å²) in [6.45, 7) is 9.88. The molecule has 1 N–H and O–H groups in total. The van der Waals surface area contributed by atoms with Crippen LogP contribution in [0.15, 0.2) is 30.3 Å². The van der Waals surface area contributed by atoms with Crippen LogP contribution < -0.4 is 5.32 Å². The Kier molecular flexibility index (Phi) is 7.74. The number of carbonyl (C=O) groups excluding carboxylic acids is 1. The Morgan fingerprint density at radius 2 is 2.07 bits per heavy atom. The van der Waals surface area contributed by atoms with Crippen molar-refractivity contribution >= 4 is 6.09 Å². The Bertz CT molecular complexity index is 607. The third-order valence-electron chi connectivity index (χ3n) is 6.23. The fraction of sp³-hybridized carbons (Fsp3) is 0.696. The SMILES string of the molecule is CC1CCC(C(C)C)C(NCC2CN(C(=O)OCc3ccccc3)CCO2)C1. The molecule has 5 nitrogen and oxygen atoms in total. The molecular formula is C23H36N2O3. The van der Waals surface area contributed by atoms with Gasteiger partial charge in [-0.3, -0.25) is 0 Å². The van der Waals surface area contributed by atoms with Gasteiger partial charge in [-0.2, -0.15) is 0 Å². The Labute approximate surface area is 169 Å². The highest BCUT2D eigenvalue weighted by molar-refractivity contribution is 5.67. The molecule has 0 aromatic heterocycles. The van der Waals surface area contributed by atoms with Crippen molar-refractivity contribution in [2.24, 2.45) is 17.8 Å². The van der Waals surface area contributed by atoms with Gasteiger partial charge in [0.2, 0.25) is 0 Å². The fourth-order valence-electron chi connectivity index (χ4n) is 4.54. The molecule has 1 aliphatic heterocycles. The normalized spacial score (nSPS) is 28.4. The minimum Gasteiger partial charge on any atom is -0.445 e. The van der Waals surface area contributed by atoms with Crippen LogP contribution in [-0.2, 0) is 16.1 Å². The second-order valence-corrected chi connectivity index (χ2v) is 8.82. The maximum Gasteiger partial charge on any atom is 0.410 e. The number of hydrogen-bond acceptors (Lipinski definition) is 4. The van der Waals surface area contributed by atoms with Crippen LogP contribution in [0.25, 0.3) is 0 Å².